The van der Waals surface area contributed by atoms with Crippen LogP contribution in [0.2, 0.25) is 50.9 Å². The lowest BCUT2D eigenvalue weighted by atomic mass is 10.3. The summed E-state index contributed by atoms with van der Waals surface area (Å²) in [6.07, 6.45) is 1.35. The van der Waals surface area contributed by atoms with Gasteiger partial charge in [0.2, 0.25) is 0 Å². The summed E-state index contributed by atoms with van der Waals surface area (Å²) in [5.41, 5.74) is 0. The van der Waals surface area contributed by atoms with Crippen molar-refractivity contribution in [2.24, 2.45) is 0 Å². The Kier molecular flexibility index (Phi) is 9.59. The standard InChI is InChI=1S/C16H40NO2Si2/c1-17(2,10-12-19-13-11-18)9-8-14-21(6,7)16-15-20(3,4)5/h18H,8-16H2,1-7H3/q+1. The number of likely N-dealkylation sites (N-methyl/N-ethyl adjacent to an activating group) is 1. The molecule has 0 radical (unpaired) electrons. The fourth-order valence-electron chi connectivity index (χ4n) is 2.41. The Morgan fingerprint density at radius 3 is 2.00 bits per heavy atom. The first-order valence-corrected chi connectivity index (χ1v) is 15.6. The SMILES string of the molecule is C[N+](C)(CCC[Si](C)(C)CC[Si](C)(C)C)CCOCCO. The number of quaternary nitrogens is 1. The van der Waals surface area contributed by atoms with Gasteiger partial charge >= 0.3 is 0 Å². The molecule has 0 unspecified atom stereocenters. The van der Waals surface area contributed by atoms with Gasteiger partial charge in [-0.1, -0.05) is 50.9 Å². The van der Waals surface area contributed by atoms with E-state index >= 15 is 0 Å². The van der Waals surface area contributed by atoms with E-state index in [4.69, 9.17) is 9.84 Å². The second kappa shape index (κ2) is 9.45. The molecule has 0 bridgehead atoms. The molecule has 3 nitrogen and oxygen atoms in total. The maximum Gasteiger partial charge on any atom is 0.102 e. The Balaban J connectivity index is 3.93. The van der Waals surface area contributed by atoms with Crippen LogP contribution in [0.4, 0.5) is 0 Å². The molecule has 0 aromatic heterocycles. The highest BCUT2D eigenvalue weighted by molar-refractivity contribution is 6.82. The van der Waals surface area contributed by atoms with Crippen molar-refractivity contribution in [3.8, 4) is 0 Å². The van der Waals surface area contributed by atoms with E-state index in [2.05, 4.69) is 46.8 Å². The smallest absolute Gasteiger partial charge is 0.102 e. The van der Waals surface area contributed by atoms with E-state index in [1.54, 1.807) is 0 Å². The minimum Gasteiger partial charge on any atom is -0.394 e. The van der Waals surface area contributed by atoms with Crippen LogP contribution in [0.25, 0.3) is 0 Å². The van der Waals surface area contributed by atoms with Crippen LogP contribution in [0.5, 0.6) is 0 Å². The van der Waals surface area contributed by atoms with E-state index in [1.165, 1.54) is 31.1 Å². The van der Waals surface area contributed by atoms with E-state index < -0.39 is 16.1 Å². The summed E-state index contributed by atoms with van der Waals surface area (Å²) in [5.74, 6) is 0. The van der Waals surface area contributed by atoms with Crippen LogP contribution in [0.3, 0.4) is 0 Å². The van der Waals surface area contributed by atoms with Crippen molar-refractivity contribution < 1.29 is 14.3 Å². The summed E-state index contributed by atoms with van der Waals surface area (Å²) in [4.78, 5) is 0. The van der Waals surface area contributed by atoms with Gasteiger partial charge in [-0.25, -0.2) is 0 Å². The number of nitrogens with zero attached hydrogens (tertiary/aromatic N) is 1. The molecule has 0 aromatic rings. The summed E-state index contributed by atoms with van der Waals surface area (Å²) in [7, 11) is 2.71. The van der Waals surface area contributed by atoms with Crippen LogP contribution < -0.4 is 0 Å². The van der Waals surface area contributed by atoms with Crippen molar-refractivity contribution in [2.45, 2.75) is 57.3 Å². The summed E-state index contributed by atoms with van der Waals surface area (Å²) in [6, 6.07) is 4.46. The maximum atomic E-state index is 8.71. The summed E-state index contributed by atoms with van der Waals surface area (Å²) in [5, 5.41) is 8.71. The molecule has 0 heterocycles. The van der Waals surface area contributed by atoms with Crippen molar-refractivity contribution in [1.29, 1.82) is 0 Å². The highest BCUT2D eigenvalue weighted by Gasteiger charge is 2.25. The number of hydrogen-bond acceptors (Lipinski definition) is 2. The van der Waals surface area contributed by atoms with Gasteiger partial charge in [-0.15, -0.1) is 0 Å². The zero-order valence-corrected chi connectivity index (χ0v) is 17.7. The number of hydrogen-bond donors (Lipinski definition) is 1. The Hall–Kier alpha value is 0.314. The van der Waals surface area contributed by atoms with Crippen molar-refractivity contribution in [2.75, 3.05) is 47.0 Å². The van der Waals surface area contributed by atoms with Gasteiger partial charge in [0.15, 0.2) is 0 Å². The zero-order valence-electron chi connectivity index (χ0n) is 15.7. The first kappa shape index (κ1) is 21.3. The molecule has 1 N–H and O–H groups in total. The molecule has 0 aliphatic rings. The molecule has 0 aliphatic heterocycles. The molecule has 0 spiro atoms. The number of aliphatic hydroxyl groups excluding tert-OH is 1. The van der Waals surface area contributed by atoms with Crippen LogP contribution in [0.15, 0.2) is 0 Å². The molecule has 0 rings (SSSR count). The van der Waals surface area contributed by atoms with E-state index in [0.717, 1.165) is 17.6 Å². The topological polar surface area (TPSA) is 29.5 Å². The summed E-state index contributed by atoms with van der Waals surface area (Å²) >= 11 is 0. The third-order valence-electron chi connectivity index (χ3n) is 4.25. The van der Waals surface area contributed by atoms with Crippen LogP contribution in [-0.4, -0.2) is 72.7 Å². The fraction of sp³-hybridized carbons (Fsp3) is 1.00. The quantitative estimate of drug-likeness (QED) is 0.336. The summed E-state index contributed by atoms with van der Waals surface area (Å²) < 4.78 is 6.42. The minimum absolute atomic E-state index is 0.129. The van der Waals surface area contributed by atoms with Crippen molar-refractivity contribution in [3.63, 3.8) is 0 Å². The molecule has 0 saturated carbocycles. The average Bonchev–Trinajstić information content (AvgIpc) is 2.31. The molecule has 21 heavy (non-hydrogen) atoms. The third kappa shape index (κ3) is 13.7. The molecule has 0 atom stereocenters. The van der Waals surface area contributed by atoms with E-state index in [-0.39, 0.29) is 6.61 Å². The normalized spacial score (nSPS) is 13.7. The van der Waals surface area contributed by atoms with Crippen molar-refractivity contribution in [1.82, 2.24) is 0 Å². The monoisotopic (exact) mass is 334 g/mol. The highest BCUT2D eigenvalue weighted by atomic mass is 28.3. The van der Waals surface area contributed by atoms with Crippen molar-refractivity contribution >= 4 is 16.1 Å². The first-order chi connectivity index (χ1) is 9.47. The second-order valence-corrected chi connectivity index (χ2v) is 20.0. The molecule has 0 fully saturated rings. The Bertz CT molecular complexity index is 276. The lowest BCUT2D eigenvalue weighted by Crippen LogP contribution is -2.44. The average molecular weight is 335 g/mol. The number of aliphatic hydroxyl groups is 1. The lowest BCUT2D eigenvalue weighted by molar-refractivity contribution is -0.890. The lowest BCUT2D eigenvalue weighted by Gasteiger charge is -2.32. The van der Waals surface area contributed by atoms with E-state index in [1.807, 2.05) is 0 Å². The minimum atomic E-state index is -0.996. The predicted molar refractivity (Wildman–Crippen MR) is 99.6 cm³/mol. The van der Waals surface area contributed by atoms with Gasteiger partial charge in [0, 0.05) is 16.1 Å². The van der Waals surface area contributed by atoms with Gasteiger partial charge in [-0.05, 0) is 6.42 Å². The van der Waals surface area contributed by atoms with Gasteiger partial charge < -0.3 is 14.3 Å². The second-order valence-electron chi connectivity index (χ2n) is 9.05. The fourth-order valence-corrected chi connectivity index (χ4v) is 9.49. The van der Waals surface area contributed by atoms with Gasteiger partial charge in [0.05, 0.1) is 40.5 Å². The van der Waals surface area contributed by atoms with Crippen LogP contribution in [0, 0.1) is 0 Å². The number of ether oxygens (including phenoxy) is 1. The third-order valence-corrected chi connectivity index (χ3v) is 9.81. The zero-order chi connectivity index (χ0) is 16.6. The van der Waals surface area contributed by atoms with Crippen LogP contribution >= 0.6 is 0 Å². The van der Waals surface area contributed by atoms with Gasteiger partial charge in [0.1, 0.15) is 6.54 Å². The van der Waals surface area contributed by atoms with Gasteiger partial charge in [-0.3, -0.25) is 0 Å². The molecule has 0 amide bonds. The number of rotatable bonds is 12. The van der Waals surface area contributed by atoms with E-state index in [9.17, 15) is 0 Å². The van der Waals surface area contributed by atoms with E-state index in [0.29, 0.717) is 6.61 Å². The summed E-state index contributed by atoms with van der Waals surface area (Å²) in [6.45, 7) is 16.2. The molecule has 128 valence electrons. The molecular weight excluding hydrogens is 294 g/mol. The van der Waals surface area contributed by atoms with Gasteiger partial charge in [-0.2, -0.15) is 0 Å². The highest BCUT2D eigenvalue weighted by Crippen LogP contribution is 2.24. The van der Waals surface area contributed by atoms with Crippen LogP contribution in [-0.2, 0) is 4.74 Å². The molecule has 0 saturated heterocycles. The van der Waals surface area contributed by atoms with Crippen LogP contribution in [0.1, 0.15) is 6.42 Å². The Labute approximate surface area is 135 Å². The molecule has 0 aliphatic carbocycles. The maximum absolute atomic E-state index is 8.71. The predicted octanol–water partition coefficient (Wildman–Crippen LogP) is 3.51. The van der Waals surface area contributed by atoms with Gasteiger partial charge in [0.25, 0.3) is 0 Å². The first-order valence-electron chi connectivity index (χ1n) is 8.48. The largest absolute Gasteiger partial charge is 0.394 e. The van der Waals surface area contributed by atoms with Crippen molar-refractivity contribution in [3.05, 3.63) is 0 Å². The molecule has 5 heteroatoms. The Morgan fingerprint density at radius 1 is 0.857 bits per heavy atom. The Morgan fingerprint density at radius 2 is 1.48 bits per heavy atom. The molecule has 0 aromatic carbocycles. The molecular formula is C16H40NO2Si2+.